The zero-order valence-corrected chi connectivity index (χ0v) is 19.7. The van der Waals surface area contributed by atoms with Gasteiger partial charge in [-0.25, -0.2) is 0 Å². The van der Waals surface area contributed by atoms with Gasteiger partial charge in [-0.05, 0) is 66.6 Å². The normalized spacial score (nSPS) is 18.6. The van der Waals surface area contributed by atoms with Crippen molar-refractivity contribution in [2.45, 2.75) is 79.9 Å². The molecular formula is C27H42O2. The summed E-state index contributed by atoms with van der Waals surface area (Å²) in [6.45, 7) is 16.5. The Morgan fingerprint density at radius 1 is 1.03 bits per heavy atom. The largest absolute Gasteiger partial charge is 0.463 e. The van der Waals surface area contributed by atoms with Crippen LogP contribution < -0.4 is 0 Å². The number of aryl methyl sites for hydroxylation is 1. The van der Waals surface area contributed by atoms with Crippen molar-refractivity contribution < 1.29 is 9.47 Å². The van der Waals surface area contributed by atoms with Gasteiger partial charge < -0.3 is 9.47 Å². The van der Waals surface area contributed by atoms with Crippen molar-refractivity contribution >= 4 is 0 Å². The molecule has 0 radical (unpaired) electrons. The minimum absolute atomic E-state index is 0.360. The summed E-state index contributed by atoms with van der Waals surface area (Å²) in [6, 6.07) is 10.6. The fourth-order valence-electron chi connectivity index (χ4n) is 4.15. The molecule has 1 aromatic carbocycles. The van der Waals surface area contributed by atoms with Crippen LogP contribution in [0.2, 0.25) is 0 Å². The fourth-order valence-corrected chi connectivity index (χ4v) is 4.15. The average molecular weight is 399 g/mol. The van der Waals surface area contributed by atoms with Gasteiger partial charge >= 0.3 is 0 Å². The van der Waals surface area contributed by atoms with Gasteiger partial charge in [0.05, 0.1) is 6.61 Å². The van der Waals surface area contributed by atoms with Crippen LogP contribution in [0, 0.1) is 23.2 Å². The van der Waals surface area contributed by atoms with Gasteiger partial charge in [0.25, 0.3) is 0 Å². The van der Waals surface area contributed by atoms with E-state index in [4.69, 9.17) is 9.47 Å². The van der Waals surface area contributed by atoms with E-state index < -0.39 is 5.79 Å². The zero-order valence-electron chi connectivity index (χ0n) is 19.7. The Balaban J connectivity index is 1.80. The first-order valence-corrected chi connectivity index (χ1v) is 11.3. The summed E-state index contributed by atoms with van der Waals surface area (Å²) in [7, 11) is 0. The molecule has 0 spiro atoms. The van der Waals surface area contributed by atoms with Crippen LogP contribution in [0.4, 0.5) is 0 Å². The van der Waals surface area contributed by atoms with Gasteiger partial charge in [0.2, 0.25) is 5.79 Å². The van der Waals surface area contributed by atoms with E-state index in [0.717, 1.165) is 25.0 Å². The van der Waals surface area contributed by atoms with E-state index in [-0.39, 0.29) is 0 Å². The highest BCUT2D eigenvalue weighted by Crippen LogP contribution is 2.38. The number of hydrogen-bond donors (Lipinski definition) is 0. The van der Waals surface area contributed by atoms with Gasteiger partial charge in [0, 0.05) is 13.8 Å². The number of allylic oxidation sites excluding steroid dienone is 3. The predicted octanol–water partition coefficient (Wildman–Crippen LogP) is 7.56. The highest BCUT2D eigenvalue weighted by atomic mass is 16.7. The molecule has 2 rings (SSSR count). The number of benzene rings is 1. The molecule has 2 nitrogen and oxygen atoms in total. The van der Waals surface area contributed by atoms with Crippen molar-refractivity contribution in [2.75, 3.05) is 6.61 Å². The van der Waals surface area contributed by atoms with Crippen molar-refractivity contribution in [3.63, 3.8) is 0 Å². The van der Waals surface area contributed by atoms with Gasteiger partial charge in [-0.1, -0.05) is 71.0 Å². The van der Waals surface area contributed by atoms with Crippen LogP contribution in [-0.4, -0.2) is 12.4 Å². The Hall–Kier alpha value is -1.54. The van der Waals surface area contributed by atoms with Crippen LogP contribution in [0.3, 0.4) is 0 Å². The van der Waals surface area contributed by atoms with E-state index in [9.17, 15) is 0 Å². The molecule has 0 saturated heterocycles. The number of ether oxygens (including phenoxy) is 2. The lowest BCUT2D eigenvalue weighted by Crippen LogP contribution is -2.29. The van der Waals surface area contributed by atoms with Crippen LogP contribution in [-0.2, 0) is 15.9 Å². The monoisotopic (exact) mass is 398 g/mol. The maximum absolute atomic E-state index is 6.17. The quantitative estimate of drug-likeness (QED) is 0.299. The first-order chi connectivity index (χ1) is 13.6. The molecule has 29 heavy (non-hydrogen) atoms. The minimum Gasteiger partial charge on any atom is -0.463 e. The highest BCUT2D eigenvalue weighted by molar-refractivity contribution is 5.19. The highest BCUT2D eigenvalue weighted by Gasteiger charge is 2.29. The molecule has 0 saturated carbocycles. The summed E-state index contributed by atoms with van der Waals surface area (Å²) in [4.78, 5) is 0. The van der Waals surface area contributed by atoms with Crippen LogP contribution in [0.25, 0.3) is 0 Å². The molecule has 162 valence electrons. The lowest BCUT2D eigenvalue weighted by molar-refractivity contribution is -0.188. The second-order valence-corrected chi connectivity index (χ2v) is 10.5. The fraction of sp³-hybridized carbons (Fsp3) is 0.630. The van der Waals surface area contributed by atoms with Crippen molar-refractivity contribution in [1.82, 2.24) is 0 Å². The van der Waals surface area contributed by atoms with Crippen LogP contribution in [0.5, 0.6) is 0 Å². The molecule has 2 unspecified atom stereocenters. The summed E-state index contributed by atoms with van der Waals surface area (Å²) >= 11 is 0. The van der Waals surface area contributed by atoms with Gasteiger partial charge in [-0.3, -0.25) is 0 Å². The van der Waals surface area contributed by atoms with Crippen molar-refractivity contribution in [2.24, 2.45) is 23.2 Å². The Labute approximate surface area is 179 Å². The van der Waals surface area contributed by atoms with E-state index in [1.54, 1.807) is 0 Å². The molecule has 0 fully saturated rings. The summed E-state index contributed by atoms with van der Waals surface area (Å²) in [5.74, 6) is 2.31. The molecule has 1 aliphatic rings. The van der Waals surface area contributed by atoms with E-state index in [1.807, 2.05) is 13.8 Å². The molecule has 2 atom stereocenters. The average Bonchev–Trinajstić information content (AvgIpc) is 2.64. The number of rotatable bonds is 10. The molecule has 0 amide bonds. The van der Waals surface area contributed by atoms with Crippen molar-refractivity contribution in [3.8, 4) is 0 Å². The Bertz CT molecular complexity index is 662. The molecule has 0 aliphatic heterocycles. The molecular weight excluding hydrogens is 356 g/mol. The second-order valence-electron chi connectivity index (χ2n) is 10.5. The van der Waals surface area contributed by atoms with E-state index in [1.165, 1.54) is 12.0 Å². The first kappa shape index (κ1) is 23.7. The third kappa shape index (κ3) is 8.78. The first-order valence-electron chi connectivity index (χ1n) is 11.3. The van der Waals surface area contributed by atoms with Crippen molar-refractivity contribution in [3.05, 3.63) is 59.9 Å². The Morgan fingerprint density at radius 2 is 1.72 bits per heavy atom. The second kappa shape index (κ2) is 10.5. The van der Waals surface area contributed by atoms with Gasteiger partial charge in [-0.15, -0.1) is 0 Å². The Morgan fingerprint density at radius 3 is 2.28 bits per heavy atom. The van der Waals surface area contributed by atoms with Crippen molar-refractivity contribution in [1.29, 1.82) is 0 Å². The molecule has 1 aromatic rings. The van der Waals surface area contributed by atoms with Crippen LogP contribution in [0.1, 0.15) is 73.3 Å². The summed E-state index contributed by atoms with van der Waals surface area (Å²) in [6.07, 6.45) is 11.1. The molecule has 0 aromatic heterocycles. The maximum Gasteiger partial charge on any atom is 0.204 e. The molecule has 2 heteroatoms. The van der Waals surface area contributed by atoms with E-state index in [0.29, 0.717) is 29.8 Å². The molecule has 1 aliphatic carbocycles. The summed E-state index contributed by atoms with van der Waals surface area (Å²) in [5.41, 5.74) is 1.72. The zero-order chi connectivity index (χ0) is 21.5. The number of hydrogen-bond acceptors (Lipinski definition) is 2. The third-order valence-corrected chi connectivity index (χ3v) is 5.62. The summed E-state index contributed by atoms with van der Waals surface area (Å²) < 4.78 is 12.2. The molecule has 0 bridgehead atoms. The van der Waals surface area contributed by atoms with Gasteiger partial charge in [0.1, 0.15) is 5.76 Å². The van der Waals surface area contributed by atoms with E-state index in [2.05, 4.69) is 83.2 Å². The lowest BCUT2D eigenvalue weighted by Gasteiger charge is -2.35. The molecule has 0 N–H and O–H groups in total. The predicted molar refractivity (Wildman–Crippen MR) is 124 cm³/mol. The SMILES string of the molecule is CC(C)C(CC(C)(C)C)C1C=CC(OC(C)(C)OCCCc2ccccc2)=CC1. The Kier molecular flexibility index (Phi) is 8.58. The maximum atomic E-state index is 6.17. The standard InChI is InChI=1S/C27H42O2/c1-21(2)25(20-26(3,4)5)23-15-17-24(18-16-23)29-27(6,7)28-19-11-14-22-12-9-8-10-13-22/h8-10,12-13,15,17-18,21,23,25H,11,14,16,19-20H2,1-7H3. The summed E-state index contributed by atoms with van der Waals surface area (Å²) in [5, 5.41) is 0. The van der Waals surface area contributed by atoms with Gasteiger partial charge in [-0.2, -0.15) is 0 Å². The van der Waals surface area contributed by atoms with E-state index >= 15 is 0 Å². The topological polar surface area (TPSA) is 18.5 Å². The van der Waals surface area contributed by atoms with Crippen LogP contribution >= 0.6 is 0 Å². The minimum atomic E-state index is -0.609. The third-order valence-electron chi connectivity index (χ3n) is 5.62. The van der Waals surface area contributed by atoms with Crippen LogP contribution in [0.15, 0.2) is 54.3 Å². The smallest absolute Gasteiger partial charge is 0.204 e. The van der Waals surface area contributed by atoms with Gasteiger partial charge in [0.15, 0.2) is 0 Å². The molecule has 0 heterocycles. The lowest BCUT2D eigenvalue weighted by atomic mass is 9.71.